The average Bonchev–Trinajstić information content (AvgIpc) is 3.09. The van der Waals surface area contributed by atoms with Gasteiger partial charge in [-0.05, 0) is 31.0 Å². The van der Waals surface area contributed by atoms with E-state index in [1.165, 1.54) is 12.8 Å². The van der Waals surface area contributed by atoms with Crippen molar-refractivity contribution >= 4 is 5.91 Å². The molecule has 1 aromatic carbocycles. The van der Waals surface area contributed by atoms with Gasteiger partial charge in [0.25, 0.3) is 5.91 Å². The van der Waals surface area contributed by atoms with Gasteiger partial charge in [-0.25, -0.2) is 4.98 Å². The highest BCUT2D eigenvalue weighted by atomic mass is 16.6. The predicted octanol–water partition coefficient (Wildman–Crippen LogP) is 3.19. The highest BCUT2D eigenvalue weighted by Crippen LogP contribution is 2.35. The number of nitrogens with one attached hydrogen (secondary N) is 1. The zero-order chi connectivity index (χ0) is 18.6. The van der Waals surface area contributed by atoms with Crippen molar-refractivity contribution in [1.82, 2.24) is 10.3 Å². The minimum atomic E-state index is -0.248. The van der Waals surface area contributed by atoms with E-state index in [2.05, 4.69) is 10.3 Å². The van der Waals surface area contributed by atoms with E-state index in [0.717, 1.165) is 31.2 Å². The fourth-order valence-corrected chi connectivity index (χ4v) is 3.75. The molecular formula is C20H24N2O5. The fourth-order valence-electron chi connectivity index (χ4n) is 3.75. The lowest BCUT2D eigenvalue weighted by Gasteiger charge is -2.24. The monoisotopic (exact) mass is 372 g/mol. The number of fused-ring (bicyclic) bond motifs is 1. The second-order valence-corrected chi connectivity index (χ2v) is 6.88. The molecule has 1 aliphatic carbocycles. The van der Waals surface area contributed by atoms with Crippen LogP contribution in [-0.4, -0.2) is 43.4 Å². The minimum absolute atomic E-state index is 0.0187. The molecule has 2 atom stereocenters. The Bertz CT molecular complexity index is 803. The lowest BCUT2D eigenvalue weighted by Crippen LogP contribution is -2.43. The predicted molar refractivity (Wildman–Crippen MR) is 98.1 cm³/mol. The molecule has 7 heteroatoms. The maximum absolute atomic E-state index is 12.9. The van der Waals surface area contributed by atoms with Crippen LogP contribution < -0.4 is 14.8 Å². The second kappa shape index (κ2) is 8.00. The smallest absolute Gasteiger partial charge is 0.274 e. The fraction of sp³-hybridized carbons (Fsp3) is 0.500. The highest BCUT2D eigenvalue weighted by molar-refractivity contribution is 5.98. The quantitative estimate of drug-likeness (QED) is 0.830. The van der Waals surface area contributed by atoms with E-state index in [0.29, 0.717) is 30.5 Å². The van der Waals surface area contributed by atoms with Gasteiger partial charge in [0.1, 0.15) is 13.2 Å². The molecule has 0 bridgehead atoms. The Balaban J connectivity index is 1.55. The molecule has 27 heavy (non-hydrogen) atoms. The molecule has 4 rings (SSSR count). The first-order valence-corrected chi connectivity index (χ1v) is 9.43. The molecule has 0 unspecified atom stereocenters. The number of oxazole rings is 1. The Morgan fingerprint density at radius 1 is 1.15 bits per heavy atom. The number of ether oxygens (including phenoxy) is 3. The Hall–Kier alpha value is -2.54. The van der Waals surface area contributed by atoms with Crippen molar-refractivity contribution in [1.29, 1.82) is 0 Å². The summed E-state index contributed by atoms with van der Waals surface area (Å²) in [6, 6.07) is 5.46. The Kier molecular flexibility index (Phi) is 5.29. The van der Waals surface area contributed by atoms with Gasteiger partial charge in [-0.2, -0.15) is 0 Å². The molecule has 1 fully saturated rings. The number of carbonyl (C=O) groups is 1. The summed E-state index contributed by atoms with van der Waals surface area (Å²) in [5, 5.41) is 3.09. The van der Waals surface area contributed by atoms with Crippen molar-refractivity contribution in [3.8, 4) is 22.8 Å². The van der Waals surface area contributed by atoms with Crippen molar-refractivity contribution in [2.24, 2.45) is 0 Å². The number of carbonyl (C=O) groups excluding carboxylic acids is 1. The third kappa shape index (κ3) is 3.78. The lowest BCUT2D eigenvalue weighted by atomic mass is 10.0. The van der Waals surface area contributed by atoms with Gasteiger partial charge in [0.15, 0.2) is 29.3 Å². The number of benzene rings is 1. The maximum Gasteiger partial charge on any atom is 0.274 e. The number of aromatic nitrogens is 1. The number of rotatable bonds is 4. The Morgan fingerprint density at radius 2 is 1.96 bits per heavy atom. The van der Waals surface area contributed by atoms with Crippen LogP contribution in [0.25, 0.3) is 11.3 Å². The minimum Gasteiger partial charge on any atom is -0.486 e. The number of hydrogen-bond donors (Lipinski definition) is 1. The van der Waals surface area contributed by atoms with E-state index in [1.807, 2.05) is 18.2 Å². The van der Waals surface area contributed by atoms with Crippen LogP contribution in [0.4, 0.5) is 0 Å². The van der Waals surface area contributed by atoms with Crippen LogP contribution >= 0.6 is 0 Å². The van der Waals surface area contributed by atoms with Gasteiger partial charge >= 0.3 is 0 Å². The van der Waals surface area contributed by atoms with Crippen molar-refractivity contribution in [3.63, 3.8) is 0 Å². The van der Waals surface area contributed by atoms with Crippen molar-refractivity contribution in [2.75, 3.05) is 20.3 Å². The van der Waals surface area contributed by atoms with Crippen LogP contribution in [0.5, 0.6) is 11.5 Å². The summed E-state index contributed by atoms with van der Waals surface area (Å²) in [6.07, 6.45) is 6.55. The molecule has 7 nitrogen and oxygen atoms in total. The normalized spacial score (nSPS) is 22.1. The van der Waals surface area contributed by atoms with E-state index < -0.39 is 0 Å². The lowest BCUT2D eigenvalue weighted by molar-refractivity contribution is 0.0566. The largest absolute Gasteiger partial charge is 0.486 e. The van der Waals surface area contributed by atoms with Gasteiger partial charge in [-0.3, -0.25) is 4.79 Å². The molecule has 0 saturated heterocycles. The average molecular weight is 372 g/mol. The second-order valence-electron chi connectivity index (χ2n) is 6.88. The molecule has 0 spiro atoms. The van der Waals surface area contributed by atoms with Crippen LogP contribution in [-0.2, 0) is 4.74 Å². The number of nitrogens with zero attached hydrogens (tertiary/aromatic N) is 1. The van der Waals surface area contributed by atoms with Crippen LogP contribution in [0.1, 0.15) is 42.6 Å². The molecule has 1 saturated carbocycles. The van der Waals surface area contributed by atoms with Gasteiger partial charge in [-0.15, -0.1) is 0 Å². The van der Waals surface area contributed by atoms with Gasteiger partial charge in [-0.1, -0.05) is 19.3 Å². The van der Waals surface area contributed by atoms with Gasteiger partial charge in [0.05, 0.1) is 12.1 Å². The topological polar surface area (TPSA) is 82.8 Å². The summed E-state index contributed by atoms with van der Waals surface area (Å²) >= 11 is 0. The summed E-state index contributed by atoms with van der Waals surface area (Å²) in [5.74, 6) is 1.51. The van der Waals surface area contributed by atoms with Crippen molar-refractivity contribution in [2.45, 2.75) is 44.2 Å². The maximum atomic E-state index is 12.9. The summed E-state index contributed by atoms with van der Waals surface area (Å²) < 4.78 is 22.3. The summed E-state index contributed by atoms with van der Waals surface area (Å²) in [5.41, 5.74) is 0.997. The summed E-state index contributed by atoms with van der Waals surface area (Å²) in [4.78, 5) is 17.0. The van der Waals surface area contributed by atoms with E-state index in [9.17, 15) is 4.79 Å². The molecule has 1 aromatic heterocycles. The number of amides is 1. The van der Waals surface area contributed by atoms with Gasteiger partial charge in [0, 0.05) is 12.7 Å². The third-order valence-corrected chi connectivity index (χ3v) is 5.16. The van der Waals surface area contributed by atoms with Crippen molar-refractivity contribution in [3.05, 3.63) is 30.3 Å². The van der Waals surface area contributed by atoms with Crippen LogP contribution in [0.2, 0.25) is 0 Å². The Morgan fingerprint density at radius 3 is 2.81 bits per heavy atom. The van der Waals surface area contributed by atoms with Gasteiger partial charge in [0.2, 0.25) is 0 Å². The summed E-state index contributed by atoms with van der Waals surface area (Å²) in [6.45, 7) is 1.03. The van der Waals surface area contributed by atoms with Crippen LogP contribution in [0.15, 0.2) is 29.0 Å². The van der Waals surface area contributed by atoms with Crippen molar-refractivity contribution < 1.29 is 23.4 Å². The van der Waals surface area contributed by atoms with Gasteiger partial charge < -0.3 is 23.9 Å². The third-order valence-electron chi connectivity index (χ3n) is 5.16. The molecule has 1 aliphatic heterocycles. The molecule has 2 heterocycles. The standard InChI is InChI=1S/C20H24N2O5/c1-24-15-6-4-2-3-5-14(15)22-20(23)18-19(27-12-21-18)13-7-8-16-17(11-13)26-10-9-25-16/h7-8,11-12,14-15H,2-6,9-10H2,1H3,(H,22,23)/t14-,15-/m0/s1. The van der Waals surface area contributed by atoms with E-state index in [1.54, 1.807) is 7.11 Å². The van der Waals surface area contributed by atoms with Crippen LogP contribution in [0.3, 0.4) is 0 Å². The SMILES string of the molecule is CO[C@H]1CCCCC[C@@H]1NC(=O)c1ncoc1-c1ccc2c(c1)OCCO2. The van der Waals surface area contributed by atoms with Crippen LogP contribution in [0, 0.1) is 0 Å². The first-order chi connectivity index (χ1) is 13.3. The molecule has 2 aromatic rings. The molecule has 0 radical (unpaired) electrons. The molecule has 1 amide bonds. The summed E-state index contributed by atoms with van der Waals surface area (Å²) in [7, 11) is 1.70. The number of hydrogen-bond acceptors (Lipinski definition) is 6. The first kappa shape index (κ1) is 17.9. The zero-order valence-corrected chi connectivity index (χ0v) is 15.4. The molecule has 1 N–H and O–H groups in total. The number of methoxy groups -OCH3 is 1. The van der Waals surface area contributed by atoms with E-state index >= 15 is 0 Å². The molecule has 2 aliphatic rings. The molecule has 144 valence electrons. The molecular weight excluding hydrogens is 348 g/mol. The Labute approximate surface area is 158 Å². The van der Waals surface area contributed by atoms with E-state index in [-0.39, 0.29) is 23.7 Å². The highest BCUT2D eigenvalue weighted by Gasteiger charge is 2.28. The zero-order valence-electron chi connectivity index (χ0n) is 15.4. The first-order valence-electron chi connectivity index (χ1n) is 9.43. The van der Waals surface area contributed by atoms with E-state index in [4.69, 9.17) is 18.6 Å².